The Balaban J connectivity index is 1.45. The molecule has 3 rings (SSSR count). The molecule has 0 radical (unpaired) electrons. The average molecular weight is 420 g/mol. The van der Waals surface area contributed by atoms with Gasteiger partial charge in [-0.05, 0) is 44.4 Å². The molecule has 2 amide bonds. The Morgan fingerprint density at radius 2 is 2.00 bits per heavy atom. The molecule has 1 aromatic heterocycles. The standard InChI is InChI=1S/C20H25N3O3S2/c1-3-26-20(25)23-10-8-17(9-11-23)22-18(24)16-6-4-15(5-7-16)13-28-19-21-14(2)12-27-19/h4-7,12,17H,3,8-11,13H2,1-2H3,(H,22,24). The van der Waals surface area contributed by atoms with E-state index in [1.54, 1.807) is 34.9 Å². The summed E-state index contributed by atoms with van der Waals surface area (Å²) in [6, 6.07) is 7.80. The number of aryl methyl sites for hydroxylation is 1. The predicted molar refractivity (Wildman–Crippen MR) is 112 cm³/mol. The van der Waals surface area contributed by atoms with Crippen molar-refractivity contribution in [3.63, 3.8) is 0 Å². The number of nitrogens with zero attached hydrogens (tertiary/aromatic N) is 2. The second kappa shape index (κ2) is 9.93. The number of ether oxygens (including phenoxy) is 1. The number of piperidine rings is 1. The highest BCUT2D eigenvalue weighted by atomic mass is 32.2. The third-order valence-electron chi connectivity index (χ3n) is 4.53. The first-order valence-electron chi connectivity index (χ1n) is 9.41. The molecule has 6 nitrogen and oxygen atoms in total. The summed E-state index contributed by atoms with van der Waals surface area (Å²) in [5, 5.41) is 5.12. The Hall–Kier alpha value is -2.06. The van der Waals surface area contributed by atoms with Gasteiger partial charge in [0.15, 0.2) is 0 Å². The zero-order valence-corrected chi connectivity index (χ0v) is 17.8. The van der Waals surface area contributed by atoms with Crippen molar-refractivity contribution in [3.8, 4) is 0 Å². The number of carbonyl (C=O) groups is 2. The molecule has 0 bridgehead atoms. The maximum absolute atomic E-state index is 12.5. The van der Waals surface area contributed by atoms with Crippen molar-refractivity contribution in [1.29, 1.82) is 0 Å². The Bertz CT molecular complexity index is 799. The molecule has 2 heterocycles. The third-order valence-corrected chi connectivity index (χ3v) is 6.74. The molecule has 1 N–H and O–H groups in total. The summed E-state index contributed by atoms with van der Waals surface area (Å²) in [5.41, 5.74) is 2.87. The van der Waals surface area contributed by atoms with Gasteiger partial charge in [-0.25, -0.2) is 9.78 Å². The normalized spacial score (nSPS) is 14.7. The summed E-state index contributed by atoms with van der Waals surface area (Å²) < 4.78 is 6.09. The zero-order valence-electron chi connectivity index (χ0n) is 16.1. The minimum absolute atomic E-state index is 0.0654. The van der Waals surface area contributed by atoms with Gasteiger partial charge in [-0.1, -0.05) is 23.9 Å². The van der Waals surface area contributed by atoms with Gasteiger partial charge in [-0.3, -0.25) is 4.79 Å². The maximum atomic E-state index is 12.5. The van der Waals surface area contributed by atoms with Gasteiger partial charge in [-0.15, -0.1) is 11.3 Å². The lowest BCUT2D eigenvalue weighted by Gasteiger charge is -2.31. The van der Waals surface area contributed by atoms with Crippen LogP contribution < -0.4 is 5.32 Å². The smallest absolute Gasteiger partial charge is 0.409 e. The molecule has 28 heavy (non-hydrogen) atoms. The topological polar surface area (TPSA) is 71.5 Å². The number of carbonyl (C=O) groups excluding carboxylic acids is 2. The minimum atomic E-state index is -0.270. The second-order valence-corrected chi connectivity index (χ2v) is 8.75. The number of hydrogen-bond donors (Lipinski definition) is 1. The molecule has 1 fully saturated rings. The lowest BCUT2D eigenvalue weighted by molar-refractivity contribution is 0.0860. The van der Waals surface area contributed by atoms with Crippen LogP contribution in [0.25, 0.3) is 0 Å². The van der Waals surface area contributed by atoms with Crippen molar-refractivity contribution in [2.75, 3.05) is 19.7 Å². The molecule has 0 atom stereocenters. The molecule has 0 saturated carbocycles. The largest absolute Gasteiger partial charge is 0.450 e. The van der Waals surface area contributed by atoms with Gasteiger partial charge in [0, 0.05) is 41.5 Å². The Morgan fingerprint density at radius 1 is 1.29 bits per heavy atom. The molecular formula is C20H25N3O3S2. The fourth-order valence-corrected chi connectivity index (χ4v) is 4.79. The quantitative estimate of drug-likeness (QED) is 0.714. The van der Waals surface area contributed by atoms with Crippen LogP contribution in [0.2, 0.25) is 0 Å². The van der Waals surface area contributed by atoms with Gasteiger partial charge < -0.3 is 15.0 Å². The van der Waals surface area contributed by atoms with Crippen LogP contribution in [0, 0.1) is 6.92 Å². The maximum Gasteiger partial charge on any atom is 0.409 e. The number of rotatable bonds is 6. The van der Waals surface area contributed by atoms with E-state index in [0.717, 1.165) is 34.2 Å². The summed E-state index contributed by atoms with van der Waals surface area (Å²) >= 11 is 3.36. The molecular weight excluding hydrogens is 394 g/mol. The molecule has 8 heteroatoms. The Kier molecular flexibility index (Phi) is 7.33. The van der Waals surface area contributed by atoms with Crippen LogP contribution >= 0.6 is 23.1 Å². The van der Waals surface area contributed by atoms with Gasteiger partial charge in [0.25, 0.3) is 5.91 Å². The van der Waals surface area contributed by atoms with Gasteiger partial charge in [0.2, 0.25) is 0 Å². The summed E-state index contributed by atoms with van der Waals surface area (Å²) in [6.45, 7) is 5.39. The molecule has 1 saturated heterocycles. The fourth-order valence-electron chi connectivity index (χ4n) is 2.99. The van der Waals surface area contributed by atoms with Crippen molar-refractivity contribution in [2.24, 2.45) is 0 Å². The van der Waals surface area contributed by atoms with Crippen LogP contribution in [0.5, 0.6) is 0 Å². The van der Waals surface area contributed by atoms with E-state index in [4.69, 9.17) is 4.74 Å². The van der Waals surface area contributed by atoms with Crippen LogP contribution in [0.4, 0.5) is 4.79 Å². The van der Waals surface area contributed by atoms with Crippen molar-refractivity contribution in [2.45, 2.75) is 42.8 Å². The molecule has 1 aliphatic rings. The van der Waals surface area contributed by atoms with Crippen molar-refractivity contribution in [1.82, 2.24) is 15.2 Å². The lowest BCUT2D eigenvalue weighted by atomic mass is 10.0. The lowest BCUT2D eigenvalue weighted by Crippen LogP contribution is -2.46. The Morgan fingerprint density at radius 3 is 2.61 bits per heavy atom. The average Bonchev–Trinajstić information content (AvgIpc) is 3.13. The van der Waals surface area contributed by atoms with E-state index in [0.29, 0.717) is 25.3 Å². The number of benzene rings is 1. The van der Waals surface area contributed by atoms with Gasteiger partial charge >= 0.3 is 6.09 Å². The molecule has 150 valence electrons. The van der Waals surface area contributed by atoms with E-state index in [2.05, 4.69) is 10.3 Å². The SMILES string of the molecule is CCOC(=O)N1CCC(NC(=O)c2ccc(CSc3nc(C)cs3)cc2)CC1. The zero-order chi connectivity index (χ0) is 19.9. The summed E-state index contributed by atoms with van der Waals surface area (Å²) in [7, 11) is 0. The number of nitrogens with one attached hydrogen (secondary N) is 1. The first-order chi connectivity index (χ1) is 13.5. The third kappa shape index (κ3) is 5.72. The van der Waals surface area contributed by atoms with Gasteiger partial charge in [0.1, 0.15) is 4.34 Å². The van der Waals surface area contributed by atoms with Crippen LogP contribution in [0.15, 0.2) is 34.0 Å². The number of likely N-dealkylation sites (tertiary alicyclic amines) is 1. The van der Waals surface area contributed by atoms with Crippen LogP contribution in [-0.2, 0) is 10.5 Å². The first kappa shape index (κ1) is 20.7. The molecule has 1 aromatic carbocycles. The fraction of sp³-hybridized carbons (Fsp3) is 0.450. The predicted octanol–water partition coefficient (Wildman–Crippen LogP) is 4.09. The highest BCUT2D eigenvalue weighted by Gasteiger charge is 2.24. The number of thioether (sulfide) groups is 1. The molecule has 0 aliphatic carbocycles. The summed E-state index contributed by atoms with van der Waals surface area (Å²) in [5.74, 6) is 0.769. The van der Waals surface area contributed by atoms with E-state index in [1.165, 1.54) is 0 Å². The van der Waals surface area contributed by atoms with Crippen molar-refractivity contribution in [3.05, 3.63) is 46.5 Å². The number of amides is 2. The Labute approximate surface area is 173 Å². The summed E-state index contributed by atoms with van der Waals surface area (Å²) in [6.07, 6.45) is 1.22. The van der Waals surface area contributed by atoms with Gasteiger partial charge in [0.05, 0.1) is 6.61 Å². The van der Waals surface area contributed by atoms with Crippen LogP contribution in [0.3, 0.4) is 0 Å². The van der Waals surface area contributed by atoms with E-state index in [9.17, 15) is 9.59 Å². The van der Waals surface area contributed by atoms with E-state index >= 15 is 0 Å². The van der Waals surface area contributed by atoms with E-state index < -0.39 is 0 Å². The molecule has 0 spiro atoms. The number of aromatic nitrogens is 1. The monoisotopic (exact) mass is 419 g/mol. The molecule has 0 unspecified atom stereocenters. The van der Waals surface area contributed by atoms with Crippen molar-refractivity contribution < 1.29 is 14.3 Å². The van der Waals surface area contributed by atoms with E-state index in [1.807, 2.05) is 36.6 Å². The van der Waals surface area contributed by atoms with Gasteiger partial charge in [-0.2, -0.15) is 0 Å². The number of thiazole rings is 1. The highest BCUT2D eigenvalue weighted by molar-refractivity contribution is 8.00. The highest BCUT2D eigenvalue weighted by Crippen LogP contribution is 2.26. The minimum Gasteiger partial charge on any atom is -0.450 e. The van der Waals surface area contributed by atoms with Crippen LogP contribution in [0.1, 0.15) is 41.4 Å². The first-order valence-corrected chi connectivity index (χ1v) is 11.3. The van der Waals surface area contributed by atoms with Crippen molar-refractivity contribution >= 4 is 35.1 Å². The molecule has 2 aromatic rings. The second-order valence-electron chi connectivity index (χ2n) is 6.67. The summed E-state index contributed by atoms with van der Waals surface area (Å²) in [4.78, 5) is 30.4. The van der Waals surface area contributed by atoms with E-state index in [-0.39, 0.29) is 18.0 Å². The van der Waals surface area contributed by atoms with Crippen LogP contribution in [-0.4, -0.2) is 47.6 Å². The molecule has 1 aliphatic heterocycles. The number of hydrogen-bond acceptors (Lipinski definition) is 6.